The molecular formula is C22H22N2O4. The lowest BCUT2D eigenvalue weighted by molar-refractivity contribution is -0.120. The smallest absolute Gasteiger partial charge is 0.230 e. The quantitative estimate of drug-likeness (QED) is 0.668. The van der Waals surface area contributed by atoms with Crippen molar-refractivity contribution in [1.82, 2.24) is 4.98 Å². The molecule has 1 aliphatic carbocycles. The summed E-state index contributed by atoms with van der Waals surface area (Å²) in [5.41, 5.74) is 1.30. The Morgan fingerprint density at radius 2 is 1.68 bits per heavy atom. The number of hydrogen-bond donors (Lipinski definition) is 1. The molecule has 0 spiro atoms. The molecule has 0 aliphatic heterocycles. The van der Waals surface area contributed by atoms with E-state index in [-0.39, 0.29) is 11.3 Å². The number of nitrogens with one attached hydrogen (secondary N) is 1. The number of carbonyl (C=O) groups is 1. The van der Waals surface area contributed by atoms with E-state index in [1.54, 1.807) is 26.5 Å². The lowest BCUT2D eigenvalue weighted by Crippen LogP contribution is -2.21. The van der Waals surface area contributed by atoms with Crippen molar-refractivity contribution in [2.75, 3.05) is 19.5 Å². The molecule has 1 aliphatic rings. The van der Waals surface area contributed by atoms with Gasteiger partial charge >= 0.3 is 0 Å². The summed E-state index contributed by atoms with van der Waals surface area (Å²) in [5.74, 6) is 2.62. The molecule has 0 unspecified atom stereocenters. The van der Waals surface area contributed by atoms with Gasteiger partial charge < -0.3 is 19.5 Å². The Morgan fingerprint density at radius 3 is 2.32 bits per heavy atom. The zero-order chi connectivity index (χ0) is 19.7. The molecule has 0 radical (unpaired) electrons. The monoisotopic (exact) mass is 378 g/mol. The predicted octanol–water partition coefficient (Wildman–Crippen LogP) is 4.78. The number of carbonyl (C=O) groups excluding carboxylic acids is 1. The average Bonchev–Trinajstić information content (AvgIpc) is 3.47. The summed E-state index contributed by atoms with van der Waals surface area (Å²) in [5, 5.41) is 3.78. The van der Waals surface area contributed by atoms with Crippen molar-refractivity contribution in [3.63, 3.8) is 0 Å². The van der Waals surface area contributed by atoms with Crippen LogP contribution in [0.3, 0.4) is 0 Å². The fraction of sp³-hybridized carbons (Fsp3) is 0.273. The Bertz CT molecular complexity index is 1030. The van der Waals surface area contributed by atoms with E-state index in [0.717, 1.165) is 29.4 Å². The number of nitrogens with zero attached hydrogens (tertiary/aromatic N) is 1. The molecule has 0 bridgehead atoms. The van der Waals surface area contributed by atoms with E-state index in [4.69, 9.17) is 14.2 Å². The summed E-state index contributed by atoms with van der Waals surface area (Å²) in [4.78, 5) is 16.5. The fourth-order valence-corrected chi connectivity index (χ4v) is 2.97. The Morgan fingerprint density at radius 1 is 1.00 bits per heavy atom. The molecule has 1 N–H and O–H groups in total. The van der Waals surface area contributed by atoms with Crippen molar-refractivity contribution in [2.24, 2.45) is 5.41 Å². The van der Waals surface area contributed by atoms with Crippen LogP contribution in [0.5, 0.6) is 23.0 Å². The van der Waals surface area contributed by atoms with Gasteiger partial charge in [-0.25, -0.2) is 0 Å². The van der Waals surface area contributed by atoms with Crippen LogP contribution in [-0.4, -0.2) is 25.1 Å². The molecule has 1 aromatic heterocycles. The predicted molar refractivity (Wildman–Crippen MR) is 107 cm³/mol. The Labute approximate surface area is 163 Å². The van der Waals surface area contributed by atoms with Crippen LogP contribution >= 0.6 is 0 Å². The van der Waals surface area contributed by atoms with Crippen molar-refractivity contribution in [3.8, 4) is 23.0 Å². The highest BCUT2D eigenvalue weighted by atomic mass is 16.5. The van der Waals surface area contributed by atoms with Crippen molar-refractivity contribution in [1.29, 1.82) is 0 Å². The fourth-order valence-electron chi connectivity index (χ4n) is 2.97. The van der Waals surface area contributed by atoms with Crippen LogP contribution in [0.4, 0.5) is 5.69 Å². The minimum atomic E-state index is -0.203. The van der Waals surface area contributed by atoms with Crippen LogP contribution in [0.15, 0.2) is 48.7 Å². The van der Waals surface area contributed by atoms with E-state index >= 15 is 0 Å². The summed E-state index contributed by atoms with van der Waals surface area (Å²) >= 11 is 0. The third-order valence-electron chi connectivity index (χ3n) is 5.10. The van der Waals surface area contributed by atoms with E-state index in [9.17, 15) is 4.79 Å². The third kappa shape index (κ3) is 3.45. The zero-order valence-corrected chi connectivity index (χ0v) is 16.1. The number of methoxy groups -OCH3 is 2. The molecule has 6 nitrogen and oxygen atoms in total. The van der Waals surface area contributed by atoms with E-state index < -0.39 is 0 Å². The number of anilines is 1. The first kappa shape index (κ1) is 18.1. The Balaban J connectivity index is 1.57. The van der Waals surface area contributed by atoms with Crippen LogP contribution in [0, 0.1) is 5.41 Å². The maximum atomic E-state index is 12.2. The van der Waals surface area contributed by atoms with Gasteiger partial charge in [0, 0.05) is 28.8 Å². The van der Waals surface area contributed by atoms with Crippen molar-refractivity contribution in [3.05, 3.63) is 48.7 Å². The maximum absolute atomic E-state index is 12.2. The summed E-state index contributed by atoms with van der Waals surface area (Å²) in [6, 6.07) is 12.8. The van der Waals surface area contributed by atoms with E-state index in [0.29, 0.717) is 23.0 Å². The van der Waals surface area contributed by atoms with Gasteiger partial charge in [0.1, 0.15) is 11.5 Å². The first-order chi connectivity index (χ1) is 13.5. The number of ether oxygens (including phenoxy) is 3. The van der Waals surface area contributed by atoms with Gasteiger partial charge in [0.05, 0.1) is 19.7 Å². The largest absolute Gasteiger partial charge is 0.493 e. The number of benzene rings is 2. The van der Waals surface area contributed by atoms with Gasteiger partial charge in [-0.3, -0.25) is 9.78 Å². The van der Waals surface area contributed by atoms with Gasteiger partial charge in [0.25, 0.3) is 0 Å². The molecule has 1 saturated carbocycles. The summed E-state index contributed by atoms with van der Waals surface area (Å²) < 4.78 is 16.8. The molecule has 1 heterocycles. The number of hydrogen-bond acceptors (Lipinski definition) is 5. The Hall–Kier alpha value is -3.28. The molecule has 6 heteroatoms. The molecule has 2 aromatic carbocycles. The minimum absolute atomic E-state index is 0.0716. The molecule has 0 atom stereocenters. The highest BCUT2D eigenvalue weighted by Crippen LogP contribution is 2.45. The van der Waals surface area contributed by atoms with Gasteiger partial charge in [-0.2, -0.15) is 0 Å². The number of aromatic nitrogens is 1. The number of pyridine rings is 1. The summed E-state index contributed by atoms with van der Waals surface area (Å²) in [7, 11) is 3.18. The minimum Gasteiger partial charge on any atom is -0.493 e. The molecule has 1 amide bonds. The van der Waals surface area contributed by atoms with Crippen LogP contribution in [-0.2, 0) is 4.79 Å². The average molecular weight is 378 g/mol. The first-order valence-electron chi connectivity index (χ1n) is 9.12. The standard InChI is InChI=1S/C22H22N2O4/c1-22(9-10-22)21(25)24-14-4-6-15(7-5-14)28-18-8-11-23-17-13-20(27-3)19(26-2)12-16(17)18/h4-8,11-13H,9-10H2,1-3H3,(H,24,25). The lowest BCUT2D eigenvalue weighted by atomic mass is 10.1. The highest BCUT2D eigenvalue weighted by Gasteiger charge is 2.44. The van der Waals surface area contributed by atoms with Gasteiger partial charge in [-0.15, -0.1) is 0 Å². The van der Waals surface area contributed by atoms with E-state index in [1.807, 2.05) is 43.3 Å². The van der Waals surface area contributed by atoms with Gasteiger partial charge in [-0.05, 0) is 49.2 Å². The van der Waals surface area contributed by atoms with E-state index in [1.165, 1.54) is 0 Å². The van der Waals surface area contributed by atoms with Crippen LogP contribution in [0.1, 0.15) is 19.8 Å². The van der Waals surface area contributed by atoms with E-state index in [2.05, 4.69) is 10.3 Å². The summed E-state index contributed by atoms with van der Waals surface area (Å²) in [6.45, 7) is 1.98. The molecular weight excluding hydrogens is 356 g/mol. The second-order valence-electron chi connectivity index (χ2n) is 7.17. The van der Waals surface area contributed by atoms with Crippen LogP contribution < -0.4 is 19.5 Å². The van der Waals surface area contributed by atoms with Gasteiger partial charge in [0.2, 0.25) is 5.91 Å². The van der Waals surface area contributed by atoms with Crippen molar-refractivity contribution in [2.45, 2.75) is 19.8 Å². The van der Waals surface area contributed by atoms with Gasteiger partial charge in [-0.1, -0.05) is 6.92 Å². The molecule has 3 aromatic rings. The zero-order valence-electron chi connectivity index (χ0n) is 16.1. The number of amides is 1. The second-order valence-corrected chi connectivity index (χ2v) is 7.17. The van der Waals surface area contributed by atoms with Crippen molar-refractivity contribution < 1.29 is 19.0 Å². The van der Waals surface area contributed by atoms with Gasteiger partial charge in [0.15, 0.2) is 11.5 Å². The lowest BCUT2D eigenvalue weighted by Gasteiger charge is -2.13. The second kappa shape index (κ2) is 7.03. The Kier molecular flexibility index (Phi) is 4.55. The number of fused-ring (bicyclic) bond motifs is 1. The number of rotatable bonds is 6. The third-order valence-corrected chi connectivity index (χ3v) is 5.10. The molecule has 28 heavy (non-hydrogen) atoms. The topological polar surface area (TPSA) is 69.7 Å². The summed E-state index contributed by atoms with van der Waals surface area (Å²) in [6.07, 6.45) is 3.58. The normalized spacial score (nSPS) is 14.4. The van der Waals surface area contributed by atoms with Crippen LogP contribution in [0.2, 0.25) is 0 Å². The highest BCUT2D eigenvalue weighted by molar-refractivity contribution is 5.96. The maximum Gasteiger partial charge on any atom is 0.230 e. The molecule has 1 fully saturated rings. The molecule has 0 saturated heterocycles. The SMILES string of the molecule is COc1cc2nccc(Oc3ccc(NC(=O)C4(C)CC4)cc3)c2cc1OC. The first-order valence-corrected chi connectivity index (χ1v) is 9.12. The molecule has 144 valence electrons. The van der Waals surface area contributed by atoms with Crippen molar-refractivity contribution >= 4 is 22.5 Å². The molecule has 4 rings (SSSR count). The van der Waals surface area contributed by atoms with Crippen LogP contribution in [0.25, 0.3) is 10.9 Å².